The molecule has 4 aromatic rings. The lowest BCUT2D eigenvalue weighted by atomic mass is 9.87. The molecule has 230 valence electrons. The smallest absolute Gasteiger partial charge is 0.306 e. The average molecular weight is 656 g/mol. The number of rotatable bonds is 9. The van der Waals surface area contributed by atoms with Gasteiger partial charge in [-0.05, 0) is 55.9 Å². The maximum Gasteiger partial charge on any atom is 0.306 e. The van der Waals surface area contributed by atoms with Gasteiger partial charge in [0.2, 0.25) is 5.91 Å². The fraction of sp³-hybridized carbons (Fsp3) is 0.375. The number of hydrogen-bond acceptors (Lipinski definition) is 6. The summed E-state index contributed by atoms with van der Waals surface area (Å²) in [5, 5.41) is 15.5. The Morgan fingerprint density at radius 3 is 2.64 bits per heavy atom. The van der Waals surface area contributed by atoms with Crippen molar-refractivity contribution >= 4 is 68.1 Å². The number of thiophene rings is 1. The molecule has 3 heterocycles. The van der Waals surface area contributed by atoms with Gasteiger partial charge in [-0.1, -0.05) is 41.4 Å². The van der Waals surface area contributed by atoms with Gasteiger partial charge < -0.3 is 24.6 Å². The number of imidazole rings is 1. The Kier molecular flexibility index (Phi) is 9.23. The molecule has 1 aliphatic carbocycles. The first-order valence-electron chi connectivity index (χ1n) is 14.6. The van der Waals surface area contributed by atoms with Crippen molar-refractivity contribution in [3.63, 3.8) is 0 Å². The van der Waals surface area contributed by atoms with Gasteiger partial charge in [0.05, 0.1) is 59.7 Å². The van der Waals surface area contributed by atoms with Crippen molar-refractivity contribution in [2.45, 2.75) is 56.7 Å². The van der Waals surface area contributed by atoms with Crippen LogP contribution in [0.1, 0.15) is 54.1 Å². The van der Waals surface area contributed by atoms with E-state index in [1.165, 1.54) is 11.3 Å². The van der Waals surface area contributed by atoms with Crippen molar-refractivity contribution in [1.29, 1.82) is 0 Å². The monoisotopic (exact) mass is 654 g/mol. The first kappa shape index (κ1) is 30.6. The predicted molar refractivity (Wildman–Crippen MR) is 171 cm³/mol. The zero-order chi connectivity index (χ0) is 30.8. The van der Waals surface area contributed by atoms with Crippen molar-refractivity contribution in [3.05, 3.63) is 81.7 Å². The largest absolute Gasteiger partial charge is 0.481 e. The third-order valence-electron chi connectivity index (χ3n) is 8.66. The third-order valence-corrected chi connectivity index (χ3v) is 10.3. The van der Waals surface area contributed by atoms with Crippen LogP contribution in [0.5, 0.6) is 0 Å². The molecule has 2 aliphatic rings. The molecule has 1 saturated carbocycles. The molecule has 9 nitrogen and oxygen atoms in total. The number of carboxylic acid groups (broad SMARTS) is 1. The molecule has 0 bridgehead atoms. The molecule has 2 fully saturated rings. The molecule has 2 aromatic heterocycles. The minimum atomic E-state index is -0.746. The molecule has 2 aromatic carbocycles. The van der Waals surface area contributed by atoms with Gasteiger partial charge >= 0.3 is 5.97 Å². The molecule has 2 N–H and O–H groups in total. The Morgan fingerprint density at radius 2 is 1.89 bits per heavy atom. The lowest BCUT2D eigenvalue weighted by molar-refractivity contribution is -0.144. The summed E-state index contributed by atoms with van der Waals surface area (Å²) in [5.41, 5.74) is 1.50. The molecule has 6 rings (SSSR count). The number of fused-ring (bicyclic) bond motifs is 1. The number of aliphatic carboxylic acids is 1. The van der Waals surface area contributed by atoms with Gasteiger partial charge in [0.25, 0.3) is 5.91 Å². The van der Waals surface area contributed by atoms with E-state index >= 15 is 0 Å². The normalized spacial score (nSPS) is 21.9. The van der Waals surface area contributed by atoms with Crippen LogP contribution in [0.3, 0.4) is 0 Å². The molecule has 2 atom stereocenters. The molecule has 0 spiro atoms. The molecular formula is C32H32Cl2N4O5S. The van der Waals surface area contributed by atoms with E-state index in [1.807, 2.05) is 45.3 Å². The molecule has 44 heavy (non-hydrogen) atoms. The first-order valence-corrected chi connectivity index (χ1v) is 16.3. The number of anilines is 1. The van der Waals surface area contributed by atoms with Crippen LogP contribution < -0.4 is 5.32 Å². The standard InChI is InChI=1S/C32H32Cl2N4O5S/c33-26-14-28(36-31(40)25-17-44-29-4-2-1-3-24(25)29)27(34)11-20(26)12-30(39)38-15-21(37-10-9-35-18-37)13-22(38)16-43-23-7-5-19(6-8-23)32(41)42/h1-4,9-11,14,17-19,21-23H,5-8,12-13,15-16H2,(H,36,40)(H,41,42)/t19?,21-,22-,23?/m0/s1. The van der Waals surface area contributed by atoms with E-state index in [1.54, 1.807) is 24.7 Å². The minimum absolute atomic E-state index is 0.0158. The highest BCUT2D eigenvalue weighted by Crippen LogP contribution is 2.34. The van der Waals surface area contributed by atoms with Crippen LogP contribution in [0.15, 0.2) is 60.5 Å². The number of nitrogens with zero attached hydrogens (tertiary/aromatic N) is 3. The van der Waals surface area contributed by atoms with Gasteiger partial charge in [0.1, 0.15) is 0 Å². The van der Waals surface area contributed by atoms with E-state index in [9.17, 15) is 19.5 Å². The SMILES string of the molecule is O=C(Nc1cc(Cl)c(CC(=O)N2C[C@@H](n3ccnc3)C[C@H]2COC2CCC(C(=O)O)CC2)cc1Cl)c1csc2ccccc12. The van der Waals surface area contributed by atoms with Gasteiger partial charge in [0.15, 0.2) is 0 Å². The molecular weight excluding hydrogens is 623 g/mol. The van der Waals surface area contributed by atoms with Crippen molar-refractivity contribution in [2.24, 2.45) is 5.92 Å². The second kappa shape index (κ2) is 13.3. The second-order valence-electron chi connectivity index (χ2n) is 11.4. The van der Waals surface area contributed by atoms with E-state index in [-0.39, 0.29) is 42.3 Å². The summed E-state index contributed by atoms with van der Waals surface area (Å²) in [7, 11) is 0. The maximum absolute atomic E-state index is 13.7. The Hall–Kier alpha value is -3.44. The fourth-order valence-corrected chi connectivity index (χ4v) is 7.61. The number of nitrogens with one attached hydrogen (secondary N) is 1. The summed E-state index contributed by atoms with van der Waals surface area (Å²) in [5.74, 6) is -1.44. The number of carbonyl (C=O) groups excluding carboxylic acids is 2. The third kappa shape index (κ3) is 6.63. The molecule has 1 saturated heterocycles. The number of hydrogen-bond donors (Lipinski definition) is 2. The summed E-state index contributed by atoms with van der Waals surface area (Å²) in [6.45, 7) is 0.874. The van der Waals surface area contributed by atoms with E-state index < -0.39 is 5.97 Å². The van der Waals surface area contributed by atoms with Crippen molar-refractivity contribution in [3.8, 4) is 0 Å². The lowest BCUT2D eigenvalue weighted by Gasteiger charge is -2.30. The Labute approximate surface area is 268 Å². The van der Waals surface area contributed by atoms with Crippen LogP contribution in [0.2, 0.25) is 10.0 Å². The Balaban J connectivity index is 1.13. The Bertz CT molecular complexity index is 1670. The molecule has 2 amide bonds. The Morgan fingerprint density at radius 1 is 1.09 bits per heavy atom. The van der Waals surface area contributed by atoms with Crippen LogP contribution >= 0.6 is 34.5 Å². The van der Waals surface area contributed by atoms with E-state index in [0.717, 1.165) is 10.1 Å². The molecule has 12 heteroatoms. The van der Waals surface area contributed by atoms with Crippen molar-refractivity contribution < 1.29 is 24.2 Å². The molecule has 0 unspecified atom stereocenters. The quantitative estimate of drug-likeness (QED) is 0.208. The van der Waals surface area contributed by atoms with E-state index in [4.69, 9.17) is 27.9 Å². The highest BCUT2D eigenvalue weighted by molar-refractivity contribution is 7.17. The minimum Gasteiger partial charge on any atom is -0.481 e. The summed E-state index contributed by atoms with van der Waals surface area (Å²) >= 11 is 14.7. The van der Waals surface area contributed by atoms with Gasteiger partial charge in [-0.3, -0.25) is 14.4 Å². The zero-order valence-electron chi connectivity index (χ0n) is 23.8. The van der Waals surface area contributed by atoms with Gasteiger partial charge in [-0.25, -0.2) is 4.98 Å². The number of benzene rings is 2. The highest BCUT2D eigenvalue weighted by atomic mass is 35.5. The zero-order valence-corrected chi connectivity index (χ0v) is 26.2. The topological polar surface area (TPSA) is 114 Å². The van der Waals surface area contributed by atoms with Crippen LogP contribution in [-0.4, -0.2) is 62.6 Å². The van der Waals surface area contributed by atoms with Crippen LogP contribution in [0.25, 0.3) is 10.1 Å². The highest BCUT2D eigenvalue weighted by Gasteiger charge is 2.37. The maximum atomic E-state index is 13.7. The van der Waals surface area contributed by atoms with E-state index in [2.05, 4.69) is 10.3 Å². The van der Waals surface area contributed by atoms with Crippen LogP contribution in [0, 0.1) is 5.92 Å². The van der Waals surface area contributed by atoms with Crippen molar-refractivity contribution in [1.82, 2.24) is 14.5 Å². The van der Waals surface area contributed by atoms with Gasteiger partial charge in [0, 0.05) is 39.4 Å². The van der Waals surface area contributed by atoms with Crippen molar-refractivity contribution in [2.75, 3.05) is 18.5 Å². The number of carbonyl (C=O) groups is 3. The van der Waals surface area contributed by atoms with Crippen LogP contribution in [-0.2, 0) is 20.7 Å². The predicted octanol–water partition coefficient (Wildman–Crippen LogP) is 6.70. The van der Waals surface area contributed by atoms with Gasteiger partial charge in [-0.2, -0.15) is 0 Å². The number of halogens is 2. The molecule has 0 radical (unpaired) electrons. The molecule has 1 aliphatic heterocycles. The average Bonchev–Trinajstić information content (AvgIpc) is 3.78. The number of aromatic nitrogens is 2. The number of amides is 2. The van der Waals surface area contributed by atoms with Gasteiger partial charge in [-0.15, -0.1) is 11.3 Å². The summed E-state index contributed by atoms with van der Waals surface area (Å²) in [6.07, 6.45) is 8.71. The second-order valence-corrected chi connectivity index (χ2v) is 13.2. The fourth-order valence-electron chi connectivity index (χ4n) is 6.21. The number of likely N-dealkylation sites (tertiary alicyclic amines) is 1. The summed E-state index contributed by atoms with van der Waals surface area (Å²) < 4.78 is 9.27. The van der Waals surface area contributed by atoms with Crippen LogP contribution in [0.4, 0.5) is 5.69 Å². The summed E-state index contributed by atoms with van der Waals surface area (Å²) in [6, 6.07) is 10.8. The first-order chi connectivity index (χ1) is 21.3. The number of carboxylic acids is 1. The lowest BCUT2D eigenvalue weighted by Crippen LogP contribution is -2.40. The summed E-state index contributed by atoms with van der Waals surface area (Å²) in [4.78, 5) is 44.1. The number of ether oxygens (including phenoxy) is 1. The van der Waals surface area contributed by atoms with E-state index in [0.29, 0.717) is 72.1 Å².